The van der Waals surface area contributed by atoms with Gasteiger partial charge in [0.2, 0.25) is 0 Å². The molecule has 0 aliphatic heterocycles. The Kier molecular flexibility index (Phi) is 1.89. The van der Waals surface area contributed by atoms with Crippen LogP contribution in [0.2, 0.25) is 0 Å². The average Bonchev–Trinajstić information content (AvgIpc) is 2.56. The van der Waals surface area contributed by atoms with E-state index >= 15 is 0 Å². The van der Waals surface area contributed by atoms with E-state index < -0.39 is 0 Å². The van der Waals surface area contributed by atoms with Crippen LogP contribution in [0, 0.1) is 6.20 Å². The van der Waals surface area contributed by atoms with Crippen molar-refractivity contribution in [3.8, 4) is 0 Å². The molecule has 0 fully saturated rings. The molecule has 4 heteroatoms. The summed E-state index contributed by atoms with van der Waals surface area (Å²) in [5.74, 6) is 0.0850. The minimum Gasteiger partial charge on any atom is -0.409 e. The number of rotatable bonds is 1. The van der Waals surface area contributed by atoms with E-state index in [4.69, 9.17) is 10.9 Å². The zero-order valence-corrected chi connectivity index (χ0v) is 7.73. The Morgan fingerprint density at radius 1 is 1.50 bits per heavy atom. The number of amidine groups is 1. The van der Waals surface area contributed by atoms with Crippen molar-refractivity contribution in [2.75, 3.05) is 0 Å². The van der Waals surface area contributed by atoms with Crippen molar-refractivity contribution in [2.24, 2.45) is 17.9 Å². The first-order valence-electron chi connectivity index (χ1n) is 4.18. The zero-order valence-electron chi connectivity index (χ0n) is 7.73. The van der Waals surface area contributed by atoms with E-state index in [1.165, 1.54) is 0 Å². The molecular formula is C10H10N3O. The summed E-state index contributed by atoms with van der Waals surface area (Å²) >= 11 is 0. The predicted molar refractivity (Wildman–Crippen MR) is 54.3 cm³/mol. The van der Waals surface area contributed by atoms with Gasteiger partial charge in [-0.15, -0.1) is 0 Å². The maximum absolute atomic E-state index is 8.59. The number of fused-ring (bicyclic) bond motifs is 1. The molecule has 0 saturated heterocycles. The fourth-order valence-corrected chi connectivity index (χ4v) is 1.51. The topological polar surface area (TPSA) is 63.5 Å². The third kappa shape index (κ3) is 1.12. The number of para-hydroxylation sites is 1. The van der Waals surface area contributed by atoms with Gasteiger partial charge in [0, 0.05) is 18.0 Å². The van der Waals surface area contributed by atoms with Crippen LogP contribution in [-0.2, 0) is 7.05 Å². The molecule has 4 nitrogen and oxygen atoms in total. The normalized spacial score (nSPS) is 12.2. The van der Waals surface area contributed by atoms with E-state index in [-0.39, 0.29) is 5.84 Å². The molecule has 14 heavy (non-hydrogen) atoms. The Balaban J connectivity index is 2.79. The second-order valence-electron chi connectivity index (χ2n) is 3.05. The lowest BCUT2D eigenvalue weighted by Gasteiger charge is -1.94. The number of hydrogen-bond acceptors (Lipinski definition) is 2. The van der Waals surface area contributed by atoms with Gasteiger partial charge in [0.25, 0.3) is 0 Å². The summed E-state index contributed by atoms with van der Waals surface area (Å²) in [5.41, 5.74) is 7.17. The van der Waals surface area contributed by atoms with E-state index in [0.717, 1.165) is 10.9 Å². The first-order chi connectivity index (χ1) is 6.74. The van der Waals surface area contributed by atoms with Gasteiger partial charge in [-0.1, -0.05) is 23.4 Å². The number of nitrogens with zero attached hydrogens (tertiary/aromatic N) is 2. The summed E-state index contributed by atoms with van der Waals surface area (Å²) in [5, 5.41) is 12.5. The molecule has 0 atom stereocenters. The van der Waals surface area contributed by atoms with Crippen molar-refractivity contribution >= 4 is 16.7 Å². The number of aromatic nitrogens is 1. The highest BCUT2D eigenvalue weighted by molar-refractivity contribution is 6.08. The minimum absolute atomic E-state index is 0.0850. The Morgan fingerprint density at radius 3 is 2.93 bits per heavy atom. The summed E-state index contributed by atoms with van der Waals surface area (Å²) in [6.07, 6.45) is 3.00. The van der Waals surface area contributed by atoms with Gasteiger partial charge in [0.1, 0.15) is 0 Å². The van der Waals surface area contributed by atoms with Gasteiger partial charge in [0.15, 0.2) is 5.84 Å². The molecular weight excluding hydrogens is 178 g/mol. The van der Waals surface area contributed by atoms with Crippen LogP contribution in [0.1, 0.15) is 5.56 Å². The second kappa shape index (κ2) is 3.06. The number of hydrogen-bond donors (Lipinski definition) is 2. The summed E-state index contributed by atoms with van der Waals surface area (Å²) in [6, 6.07) is 7.72. The molecule has 3 N–H and O–H groups in total. The van der Waals surface area contributed by atoms with Crippen molar-refractivity contribution < 1.29 is 5.21 Å². The Hall–Kier alpha value is -1.97. The van der Waals surface area contributed by atoms with Gasteiger partial charge in [-0.3, -0.25) is 0 Å². The monoisotopic (exact) mass is 188 g/mol. The van der Waals surface area contributed by atoms with Crippen molar-refractivity contribution in [1.29, 1.82) is 0 Å². The SMILES string of the molecule is Cn1[c]c(C(N)=NO)c2ccccc21. The molecule has 0 bridgehead atoms. The Labute approximate surface area is 81.2 Å². The molecule has 71 valence electrons. The quantitative estimate of drug-likeness (QED) is 0.304. The van der Waals surface area contributed by atoms with Crippen LogP contribution in [0.3, 0.4) is 0 Å². The van der Waals surface area contributed by atoms with Crippen molar-refractivity contribution in [2.45, 2.75) is 0 Å². The molecule has 0 aliphatic rings. The maximum atomic E-state index is 8.59. The van der Waals surface area contributed by atoms with E-state index in [1.54, 1.807) is 0 Å². The fourth-order valence-electron chi connectivity index (χ4n) is 1.51. The third-order valence-corrected chi connectivity index (χ3v) is 2.18. The summed E-state index contributed by atoms with van der Waals surface area (Å²) in [4.78, 5) is 0. The molecule has 1 radical (unpaired) electrons. The molecule has 1 heterocycles. The van der Waals surface area contributed by atoms with Crippen LogP contribution in [0.4, 0.5) is 0 Å². The van der Waals surface area contributed by atoms with Crippen molar-refractivity contribution in [3.05, 3.63) is 36.0 Å². The number of benzene rings is 1. The van der Waals surface area contributed by atoms with Gasteiger partial charge in [-0.05, 0) is 6.07 Å². The van der Waals surface area contributed by atoms with E-state index in [0.29, 0.717) is 5.56 Å². The van der Waals surface area contributed by atoms with Crippen LogP contribution in [-0.4, -0.2) is 15.6 Å². The maximum Gasteiger partial charge on any atom is 0.172 e. The molecule has 0 amide bonds. The molecule has 0 unspecified atom stereocenters. The Morgan fingerprint density at radius 2 is 2.21 bits per heavy atom. The van der Waals surface area contributed by atoms with Crippen LogP contribution in [0.5, 0.6) is 0 Å². The van der Waals surface area contributed by atoms with Gasteiger partial charge >= 0.3 is 0 Å². The highest BCUT2D eigenvalue weighted by Crippen LogP contribution is 2.18. The van der Waals surface area contributed by atoms with E-state index in [2.05, 4.69) is 11.4 Å². The number of nitrogens with two attached hydrogens (primary N) is 1. The summed E-state index contributed by atoms with van der Waals surface area (Å²) in [6.45, 7) is 0. The fraction of sp³-hybridized carbons (Fsp3) is 0.100. The largest absolute Gasteiger partial charge is 0.409 e. The summed E-state index contributed by atoms with van der Waals surface area (Å²) in [7, 11) is 1.87. The molecule has 0 aliphatic carbocycles. The first-order valence-corrected chi connectivity index (χ1v) is 4.18. The standard InChI is InChI=1S/C10H10N3O/c1-13-6-8(10(11)12-14)7-4-2-3-5-9(7)13/h2-5,14H,1H3,(H2,11,12). The predicted octanol–water partition coefficient (Wildman–Crippen LogP) is 1.07. The lowest BCUT2D eigenvalue weighted by Crippen LogP contribution is -2.12. The van der Waals surface area contributed by atoms with Crippen LogP contribution >= 0.6 is 0 Å². The molecule has 0 spiro atoms. The highest BCUT2D eigenvalue weighted by Gasteiger charge is 2.09. The lowest BCUT2D eigenvalue weighted by molar-refractivity contribution is 0.318. The molecule has 2 rings (SSSR count). The minimum atomic E-state index is 0.0850. The third-order valence-electron chi connectivity index (χ3n) is 2.18. The lowest BCUT2D eigenvalue weighted by atomic mass is 10.1. The van der Waals surface area contributed by atoms with Gasteiger partial charge in [-0.2, -0.15) is 0 Å². The van der Waals surface area contributed by atoms with Gasteiger partial charge in [0.05, 0.1) is 11.8 Å². The van der Waals surface area contributed by atoms with E-state index in [1.807, 2.05) is 35.9 Å². The highest BCUT2D eigenvalue weighted by atomic mass is 16.4. The van der Waals surface area contributed by atoms with Gasteiger partial charge < -0.3 is 15.5 Å². The smallest absolute Gasteiger partial charge is 0.172 e. The van der Waals surface area contributed by atoms with Gasteiger partial charge in [-0.25, -0.2) is 0 Å². The Bertz CT molecular complexity index is 499. The average molecular weight is 188 g/mol. The number of aryl methyl sites for hydroxylation is 1. The second-order valence-corrected chi connectivity index (χ2v) is 3.05. The molecule has 1 aromatic carbocycles. The first kappa shape index (κ1) is 8.62. The van der Waals surface area contributed by atoms with Crippen LogP contribution < -0.4 is 5.73 Å². The van der Waals surface area contributed by atoms with Crippen molar-refractivity contribution in [1.82, 2.24) is 4.57 Å². The van der Waals surface area contributed by atoms with Crippen LogP contribution in [0.25, 0.3) is 10.9 Å². The van der Waals surface area contributed by atoms with Crippen molar-refractivity contribution in [3.63, 3.8) is 0 Å². The number of oxime groups is 1. The van der Waals surface area contributed by atoms with Crippen LogP contribution in [0.15, 0.2) is 29.4 Å². The molecule has 2 aromatic rings. The zero-order chi connectivity index (χ0) is 10.1. The molecule has 1 aromatic heterocycles. The summed E-state index contributed by atoms with van der Waals surface area (Å²) < 4.78 is 1.82. The molecule has 0 saturated carbocycles. The van der Waals surface area contributed by atoms with E-state index in [9.17, 15) is 0 Å².